The molecule has 4 rings (SSSR count). The Morgan fingerprint density at radius 1 is 1.19 bits per heavy atom. The number of alkyl halides is 3. The standard InChI is InChI=1S/C21H20F3N3O4S/c22-21(23,24)20(28)31-11-10-26-32(29,30)15-6-4-13(5-7-15)16-8-9-25-19-17(16)12-18(27-19)14-2-1-3-14/h4-9,12,14,26H,1-3,10-11H2,(H,25,27). The van der Waals surface area contributed by atoms with E-state index in [9.17, 15) is 26.4 Å². The number of fused-ring (bicyclic) bond motifs is 1. The van der Waals surface area contributed by atoms with Crippen LogP contribution in [-0.4, -0.2) is 43.7 Å². The van der Waals surface area contributed by atoms with Crippen molar-refractivity contribution in [1.29, 1.82) is 0 Å². The number of pyridine rings is 1. The van der Waals surface area contributed by atoms with Gasteiger partial charge in [0, 0.05) is 23.8 Å². The van der Waals surface area contributed by atoms with E-state index in [4.69, 9.17) is 0 Å². The fraction of sp³-hybridized carbons (Fsp3) is 0.333. The predicted octanol–water partition coefficient (Wildman–Crippen LogP) is 3.88. The van der Waals surface area contributed by atoms with Gasteiger partial charge in [0.2, 0.25) is 10.0 Å². The summed E-state index contributed by atoms with van der Waals surface area (Å²) in [7, 11) is -3.98. The highest BCUT2D eigenvalue weighted by molar-refractivity contribution is 7.89. The van der Waals surface area contributed by atoms with Crippen LogP contribution >= 0.6 is 0 Å². The summed E-state index contributed by atoms with van der Waals surface area (Å²) in [5, 5.41) is 0.953. The fourth-order valence-corrected chi connectivity index (χ4v) is 4.55. The number of rotatable bonds is 7. The molecule has 2 N–H and O–H groups in total. The third kappa shape index (κ3) is 4.63. The lowest BCUT2D eigenvalue weighted by molar-refractivity contribution is -0.199. The van der Waals surface area contributed by atoms with Gasteiger partial charge < -0.3 is 9.72 Å². The summed E-state index contributed by atoms with van der Waals surface area (Å²) < 4.78 is 67.1. The van der Waals surface area contributed by atoms with Crippen LogP contribution in [0.5, 0.6) is 0 Å². The van der Waals surface area contributed by atoms with Crippen molar-refractivity contribution in [2.75, 3.05) is 13.2 Å². The number of sulfonamides is 1. The van der Waals surface area contributed by atoms with Crippen molar-refractivity contribution in [3.8, 4) is 11.1 Å². The first kappa shape index (κ1) is 22.3. The number of hydrogen-bond acceptors (Lipinski definition) is 5. The predicted molar refractivity (Wildman–Crippen MR) is 110 cm³/mol. The maximum Gasteiger partial charge on any atom is 0.490 e. The molecule has 0 unspecified atom stereocenters. The first-order chi connectivity index (χ1) is 15.1. The lowest BCUT2D eigenvalue weighted by Gasteiger charge is -2.23. The first-order valence-corrected chi connectivity index (χ1v) is 11.4. The van der Waals surface area contributed by atoms with Crippen molar-refractivity contribution in [3.05, 3.63) is 48.3 Å². The molecule has 0 saturated heterocycles. The van der Waals surface area contributed by atoms with Gasteiger partial charge >= 0.3 is 12.1 Å². The van der Waals surface area contributed by atoms with Gasteiger partial charge in [0.05, 0.1) is 4.90 Å². The van der Waals surface area contributed by atoms with Crippen molar-refractivity contribution < 1.29 is 31.1 Å². The molecule has 0 spiro atoms. The van der Waals surface area contributed by atoms with Crippen LogP contribution in [0.25, 0.3) is 22.2 Å². The number of halogens is 3. The van der Waals surface area contributed by atoms with Crippen LogP contribution in [0.4, 0.5) is 13.2 Å². The molecule has 1 fully saturated rings. The number of carbonyl (C=O) groups is 1. The SMILES string of the molecule is O=C(OCCNS(=O)(=O)c1ccc(-c2ccnc3[nH]c(C4CCC4)cc23)cc1)C(F)(F)F. The summed E-state index contributed by atoms with van der Waals surface area (Å²) in [4.78, 5) is 18.3. The number of H-pyrrole nitrogens is 1. The zero-order chi connectivity index (χ0) is 22.9. The van der Waals surface area contributed by atoms with E-state index in [0.717, 1.165) is 40.7 Å². The lowest BCUT2D eigenvalue weighted by atomic mass is 9.83. The number of aromatic amines is 1. The maximum atomic E-state index is 12.4. The van der Waals surface area contributed by atoms with Crippen LogP contribution < -0.4 is 4.72 Å². The molecule has 1 saturated carbocycles. The fourth-order valence-electron chi connectivity index (χ4n) is 3.54. The molecule has 7 nitrogen and oxygen atoms in total. The van der Waals surface area contributed by atoms with E-state index in [-0.39, 0.29) is 4.90 Å². The molecule has 11 heteroatoms. The molecule has 0 atom stereocenters. The second kappa shape index (κ2) is 8.55. The zero-order valence-electron chi connectivity index (χ0n) is 16.8. The third-order valence-electron chi connectivity index (χ3n) is 5.43. The molecule has 0 bridgehead atoms. The lowest BCUT2D eigenvalue weighted by Crippen LogP contribution is -2.31. The van der Waals surface area contributed by atoms with Gasteiger partial charge in [-0.25, -0.2) is 22.9 Å². The zero-order valence-corrected chi connectivity index (χ0v) is 17.6. The molecule has 32 heavy (non-hydrogen) atoms. The summed E-state index contributed by atoms with van der Waals surface area (Å²) in [6.45, 7) is -1.22. The van der Waals surface area contributed by atoms with E-state index in [1.807, 2.05) is 6.07 Å². The second-order valence-corrected chi connectivity index (χ2v) is 9.30. The first-order valence-electron chi connectivity index (χ1n) is 9.97. The summed E-state index contributed by atoms with van der Waals surface area (Å²) in [6, 6.07) is 10.1. The molecule has 0 amide bonds. The van der Waals surface area contributed by atoms with Crippen molar-refractivity contribution in [2.45, 2.75) is 36.3 Å². The minimum Gasteiger partial charge on any atom is -0.458 e. The number of aromatic nitrogens is 2. The third-order valence-corrected chi connectivity index (χ3v) is 6.91. The molecule has 0 radical (unpaired) electrons. The molecule has 2 aromatic heterocycles. The van der Waals surface area contributed by atoms with Gasteiger partial charge in [-0.3, -0.25) is 0 Å². The van der Waals surface area contributed by atoms with E-state index in [2.05, 4.69) is 25.5 Å². The van der Waals surface area contributed by atoms with Crippen molar-refractivity contribution in [1.82, 2.24) is 14.7 Å². The largest absolute Gasteiger partial charge is 0.490 e. The molecular weight excluding hydrogens is 447 g/mol. The quantitative estimate of drug-likeness (QED) is 0.406. The van der Waals surface area contributed by atoms with Gasteiger partial charge in [-0.15, -0.1) is 0 Å². The minimum absolute atomic E-state index is 0.0575. The van der Waals surface area contributed by atoms with Gasteiger partial charge in [-0.1, -0.05) is 18.6 Å². The van der Waals surface area contributed by atoms with Crippen molar-refractivity contribution in [2.24, 2.45) is 0 Å². The van der Waals surface area contributed by atoms with Crippen LogP contribution in [-0.2, 0) is 19.6 Å². The topological polar surface area (TPSA) is 101 Å². The Morgan fingerprint density at radius 2 is 1.91 bits per heavy atom. The number of nitrogens with zero attached hydrogens (tertiary/aromatic N) is 1. The summed E-state index contributed by atoms with van der Waals surface area (Å²) in [5.74, 6) is -1.85. The number of ether oxygens (including phenoxy) is 1. The van der Waals surface area contributed by atoms with E-state index >= 15 is 0 Å². The van der Waals surface area contributed by atoms with E-state index < -0.39 is 35.3 Å². The molecule has 2 heterocycles. The van der Waals surface area contributed by atoms with Crippen molar-refractivity contribution >= 4 is 27.0 Å². The number of nitrogens with one attached hydrogen (secondary N) is 2. The Balaban J connectivity index is 1.46. The van der Waals surface area contributed by atoms with Gasteiger partial charge in [0.1, 0.15) is 12.3 Å². The van der Waals surface area contributed by atoms with Gasteiger partial charge in [0.25, 0.3) is 0 Å². The summed E-state index contributed by atoms with van der Waals surface area (Å²) >= 11 is 0. The van der Waals surface area contributed by atoms with Gasteiger partial charge in [0.15, 0.2) is 0 Å². The summed E-state index contributed by atoms with van der Waals surface area (Å²) in [6.07, 6.45) is 0.0850. The second-order valence-electron chi connectivity index (χ2n) is 7.53. The number of carbonyl (C=O) groups excluding carboxylic acids is 1. The highest BCUT2D eigenvalue weighted by atomic mass is 32.2. The highest BCUT2D eigenvalue weighted by Gasteiger charge is 2.40. The Bertz CT molecular complexity index is 1230. The molecule has 1 aromatic carbocycles. The van der Waals surface area contributed by atoms with E-state index in [1.54, 1.807) is 18.3 Å². The van der Waals surface area contributed by atoms with Crippen molar-refractivity contribution in [3.63, 3.8) is 0 Å². The Kier molecular flexibility index (Phi) is 5.95. The molecule has 1 aliphatic rings. The van der Waals surface area contributed by atoms with Gasteiger partial charge in [-0.05, 0) is 54.2 Å². The maximum absolute atomic E-state index is 12.4. The summed E-state index contributed by atoms with van der Waals surface area (Å²) in [5.41, 5.74) is 3.64. The molecular formula is C21H20F3N3O4S. The number of hydrogen-bond donors (Lipinski definition) is 2. The average Bonchev–Trinajstić information content (AvgIpc) is 3.12. The van der Waals surface area contributed by atoms with Crippen LogP contribution in [0.2, 0.25) is 0 Å². The Hall–Kier alpha value is -2.92. The van der Waals surface area contributed by atoms with Crippen LogP contribution in [0.1, 0.15) is 30.9 Å². The van der Waals surface area contributed by atoms with E-state index in [0.29, 0.717) is 5.92 Å². The Labute approximate surface area is 182 Å². The van der Waals surface area contributed by atoms with Crippen LogP contribution in [0.15, 0.2) is 47.5 Å². The van der Waals surface area contributed by atoms with E-state index in [1.165, 1.54) is 18.6 Å². The number of esters is 1. The average molecular weight is 467 g/mol. The molecule has 170 valence electrons. The monoisotopic (exact) mass is 467 g/mol. The molecule has 1 aliphatic carbocycles. The Morgan fingerprint density at radius 3 is 2.53 bits per heavy atom. The minimum atomic E-state index is -5.12. The number of benzene rings is 1. The normalized spacial score (nSPS) is 15.0. The van der Waals surface area contributed by atoms with Crippen LogP contribution in [0, 0.1) is 0 Å². The van der Waals surface area contributed by atoms with Crippen LogP contribution in [0.3, 0.4) is 0 Å². The molecule has 3 aromatic rings. The van der Waals surface area contributed by atoms with Gasteiger partial charge in [-0.2, -0.15) is 13.2 Å². The molecule has 0 aliphatic heterocycles. The smallest absolute Gasteiger partial charge is 0.458 e. The highest BCUT2D eigenvalue weighted by Crippen LogP contribution is 2.38.